The summed E-state index contributed by atoms with van der Waals surface area (Å²) in [6.07, 6.45) is 6.36. The van der Waals surface area contributed by atoms with Gasteiger partial charge in [0.05, 0.1) is 0 Å². The molecule has 0 radical (unpaired) electrons. The first kappa shape index (κ1) is 14.3. The Bertz CT molecular complexity index is 243. The van der Waals surface area contributed by atoms with Crippen molar-refractivity contribution in [1.82, 2.24) is 10.6 Å². The van der Waals surface area contributed by atoms with E-state index >= 15 is 0 Å². The first-order valence-corrected chi connectivity index (χ1v) is 7.67. The molecule has 2 heterocycles. The molecule has 2 saturated heterocycles. The second-order valence-electron chi connectivity index (χ2n) is 6.63. The summed E-state index contributed by atoms with van der Waals surface area (Å²) in [6, 6.07) is 0. The van der Waals surface area contributed by atoms with E-state index in [0.29, 0.717) is 10.8 Å². The summed E-state index contributed by atoms with van der Waals surface area (Å²) >= 11 is 0. The van der Waals surface area contributed by atoms with E-state index in [1.807, 2.05) is 0 Å². The fourth-order valence-electron chi connectivity index (χ4n) is 3.30. The first-order chi connectivity index (χ1) is 8.68. The van der Waals surface area contributed by atoms with Gasteiger partial charge in [-0.2, -0.15) is 0 Å². The third-order valence-electron chi connectivity index (χ3n) is 5.17. The average molecular weight is 254 g/mol. The van der Waals surface area contributed by atoms with Gasteiger partial charge in [0.1, 0.15) is 0 Å². The summed E-state index contributed by atoms with van der Waals surface area (Å²) in [4.78, 5) is 0. The monoisotopic (exact) mass is 254 g/mol. The molecule has 0 aromatic rings. The maximum atomic E-state index is 5.51. The Balaban J connectivity index is 1.75. The number of piperidine rings is 1. The van der Waals surface area contributed by atoms with Crippen LogP contribution >= 0.6 is 0 Å². The molecular formula is C15H30N2O. The highest BCUT2D eigenvalue weighted by atomic mass is 16.5. The van der Waals surface area contributed by atoms with Gasteiger partial charge in [-0.1, -0.05) is 13.8 Å². The highest BCUT2D eigenvalue weighted by Crippen LogP contribution is 2.34. The number of hydrogen-bond acceptors (Lipinski definition) is 3. The average Bonchev–Trinajstić information content (AvgIpc) is 2.40. The molecule has 0 spiro atoms. The summed E-state index contributed by atoms with van der Waals surface area (Å²) in [7, 11) is 0. The zero-order valence-corrected chi connectivity index (χ0v) is 12.2. The number of hydrogen-bond donors (Lipinski definition) is 2. The van der Waals surface area contributed by atoms with E-state index in [-0.39, 0.29) is 0 Å². The molecule has 0 unspecified atom stereocenters. The lowest BCUT2D eigenvalue weighted by atomic mass is 9.77. The van der Waals surface area contributed by atoms with Gasteiger partial charge in [0.15, 0.2) is 0 Å². The first-order valence-electron chi connectivity index (χ1n) is 7.67. The minimum atomic E-state index is 0.502. The molecule has 2 aliphatic heterocycles. The predicted octanol–water partition coefficient (Wildman–Crippen LogP) is 2.17. The SMILES string of the molecule is CCC1(CNCC2(C)CCNCC2)CCOCC1. The third-order valence-corrected chi connectivity index (χ3v) is 5.17. The van der Waals surface area contributed by atoms with Gasteiger partial charge in [-0.15, -0.1) is 0 Å². The van der Waals surface area contributed by atoms with Crippen LogP contribution in [0.3, 0.4) is 0 Å². The summed E-state index contributed by atoms with van der Waals surface area (Å²) in [6.45, 7) is 11.4. The van der Waals surface area contributed by atoms with Crippen molar-refractivity contribution >= 4 is 0 Å². The van der Waals surface area contributed by atoms with Crippen LogP contribution in [-0.2, 0) is 4.74 Å². The van der Waals surface area contributed by atoms with Crippen molar-refractivity contribution in [1.29, 1.82) is 0 Å². The Morgan fingerprint density at radius 1 is 1.06 bits per heavy atom. The van der Waals surface area contributed by atoms with Crippen LogP contribution < -0.4 is 10.6 Å². The molecule has 0 aromatic carbocycles. The molecule has 0 saturated carbocycles. The van der Waals surface area contributed by atoms with Crippen LogP contribution in [0.2, 0.25) is 0 Å². The van der Waals surface area contributed by atoms with Crippen LogP contribution in [-0.4, -0.2) is 39.4 Å². The Labute approximate surface area is 112 Å². The lowest BCUT2D eigenvalue weighted by Crippen LogP contribution is -2.45. The molecule has 3 nitrogen and oxygen atoms in total. The van der Waals surface area contributed by atoms with Crippen molar-refractivity contribution in [3.8, 4) is 0 Å². The van der Waals surface area contributed by atoms with Gasteiger partial charge in [0, 0.05) is 26.3 Å². The zero-order chi connectivity index (χ0) is 12.9. The second-order valence-corrected chi connectivity index (χ2v) is 6.63. The molecule has 18 heavy (non-hydrogen) atoms. The molecule has 3 heteroatoms. The quantitative estimate of drug-likeness (QED) is 0.789. The summed E-state index contributed by atoms with van der Waals surface area (Å²) in [5, 5.41) is 7.23. The topological polar surface area (TPSA) is 33.3 Å². The van der Waals surface area contributed by atoms with Crippen molar-refractivity contribution in [2.24, 2.45) is 10.8 Å². The van der Waals surface area contributed by atoms with Gasteiger partial charge in [0.25, 0.3) is 0 Å². The van der Waals surface area contributed by atoms with Crippen molar-refractivity contribution in [2.45, 2.75) is 46.0 Å². The summed E-state index contributed by atoms with van der Waals surface area (Å²) < 4.78 is 5.51. The Morgan fingerprint density at radius 3 is 2.33 bits per heavy atom. The minimum Gasteiger partial charge on any atom is -0.381 e. The van der Waals surface area contributed by atoms with Crippen molar-refractivity contribution in [3.05, 3.63) is 0 Å². The summed E-state index contributed by atoms with van der Waals surface area (Å²) in [5.41, 5.74) is 1.01. The second kappa shape index (κ2) is 6.36. The van der Waals surface area contributed by atoms with Crippen LogP contribution in [0.4, 0.5) is 0 Å². The van der Waals surface area contributed by atoms with Gasteiger partial charge in [0.2, 0.25) is 0 Å². The Kier molecular flexibility index (Phi) is 5.05. The van der Waals surface area contributed by atoms with E-state index in [1.54, 1.807) is 0 Å². The van der Waals surface area contributed by atoms with Crippen LogP contribution in [0, 0.1) is 10.8 Å². The van der Waals surface area contributed by atoms with E-state index in [9.17, 15) is 0 Å². The van der Waals surface area contributed by atoms with E-state index in [0.717, 1.165) is 13.2 Å². The van der Waals surface area contributed by atoms with Crippen LogP contribution in [0.5, 0.6) is 0 Å². The molecule has 0 aromatic heterocycles. The standard InChI is InChI=1S/C15H30N2O/c1-3-15(6-10-18-11-7-15)13-17-12-14(2)4-8-16-9-5-14/h16-17H,3-13H2,1-2H3. The normalized spacial score (nSPS) is 27.0. The molecule has 106 valence electrons. The lowest BCUT2D eigenvalue weighted by Gasteiger charge is -2.39. The van der Waals surface area contributed by atoms with E-state index in [4.69, 9.17) is 4.74 Å². The largest absolute Gasteiger partial charge is 0.381 e. The Morgan fingerprint density at radius 2 is 1.72 bits per heavy atom. The molecule has 0 amide bonds. The minimum absolute atomic E-state index is 0.502. The summed E-state index contributed by atoms with van der Waals surface area (Å²) in [5.74, 6) is 0. The lowest BCUT2D eigenvalue weighted by molar-refractivity contribution is 0.0113. The van der Waals surface area contributed by atoms with Gasteiger partial charge in [-0.3, -0.25) is 0 Å². The third kappa shape index (κ3) is 3.69. The molecule has 0 bridgehead atoms. The van der Waals surface area contributed by atoms with Gasteiger partial charge in [-0.25, -0.2) is 0 Å². The molecule has 2 fully saturated rings. The molecule has 2 aliphatic rings. The molecule has 2 rings (SSSR count). The van der Waals surface area contributed by atoms with Gasteiger partial charge < -0.3 is 15.4 Å². The van der Waals surface area contributed by atoms with Crippen LogP contribution in [0.15, 0.2) is 0 Å². The number of ether oxygens (including phenoxy) is 1. The fraction of sp³-hybridized carbons (Fsp3) is 1.00. The Hall–Kier alpha value is -0.120. The molecular weight excluding hydrogens is 224 g/mol. The molecule has 2 N–H and O–H groups in total. The zero-order valence-electron chi connectivity index (χ0n) is 12.2. The maximum absolute atomic E-state index is 5.51. The van der Waals surface area contributed by atoms with Crippen molar-refractivity contribution in [2.75, 3.05) is 39.4 Å². The van der Waals surface area contributed by atoms with E-state index in [1.165, 1.54) is 58.3 Å². The number of rotatable bonds is 5. The van der Waals surface area contributed by atoms with Crippen LogP contribution in [0.1, 0.15) is 46.0 Å². The van der Waals surface area contributed by atoms with Crippen LogP contribution in [0.25, 0.3) is 0 Å². The van der Waals surface area contributed by atoms with Gasteiger partial charge >= 0.3 is 0 Å². The van der Waals surface area contributed by atoms with Crippen molar-refractivity contribution in [3.63, 3.8) is 0 Å². The highest BCUT2D eigenvalue weighted by molar-refractivity contribution is 4.86. The van der Waals surface area contributed by atoms with E-state index < -0.39 is 0 Å². The number of nitrogens with one attached hydrogen (secondary N) is 2. The highest BCUT2D eigenvalue weighted by Gasteiger charge is 2.32. The van der Waals surface area contributed by atoms with E-state index in [2.05, 4.69) is 24.5 Å². The van der Waals surface area contributed by atoms with Crippen molar-refractivity contribution < 1.29 is 4.74 Å². The molecule has 0 aliphatic carbocycles. The maximum Gasteiger partial charge on any atom is 0.0471 e. The van der Waals surface area contributed by atoms with Gasteiger partial charge in [-0.05, 0) is 56.0 Å². The smallest absolute Gasteiger partial charge is 0.0471 e. The predicted molar refractivity (Wildman–Crippen MR) is 75.9 cm³/mol. The molecule has 0 atom stereocenters. The fourth-order valence-corrected chi connectivity index (χ4v) is 3.30.